The summed E-state index contributed by atoms with van der Waals surface area (Å²) in [7, 11) is 6.12. The van der Waals surface area contributed by atoms with Gasteiger partial charge in [-0.1, -0.05) is 18.2 Å². The molecular weight excluding hydrogens is 414 g/mol. The maximum Gasteiger partial charge on any atom is 0.273 e. The second-order valence-corrected chi connectivity index (χ2v) is 7.29. The highest BCUT2D eigenvalue weighted by molar-refractivity contribution is 6.00. The monoisotopic (exact) mass is 439 g/mol. The Morgan fingerprint density at radius 2 is 1.88 bits per heavy atom. The number of hydrogen-bond donors (Lipinski definition) is 2. The van der Waals surface area contributed by atoms with E-state index in [-0.39, 0.29) is 18.2 Å². The van der Waals surface area contributed by atoms with Gasteiger partial charge in [0.2, 0.25) is 0 Å². The summed E-state index contributed by atoms with van der Waals surface area (Å²) in [6.07, 6.45) is -0.613. The number of aromatic nitrogens is 2. The maximum atomic E-state index is 13.4. The predicted octanol–water partition coefficient (Wildman–Crippen LogP) is 2.96. The summed E-state index contributed by atoms with van der Waals surface area (Å²) in [5.74, 6) is 0.781. The first-order valence-corrected chi connectivity index (χ1v) is 9.98. The number of hydrogen-bond acceptors (Lipinski definition) is 7. The minimum atomic E-state index is -0.613. The van der Waals surface area contributed by atoms with Gasteiger partial charge in [-0.05, 0) is 29.8 Å². The molecular formula is C23H25N3O6. The number of fused-ring (bicyclic) bond motifs is 1. The molecule has 9 heteroatoms. The fourth-order valence-corrected chi connectivity index (χ4v) is 3.99. The molecule has 0 spiro atoms. The molecule has 0 bridgehead atoms. The van der Waals surface area contributed by atoms with Gasteiger partial charge in [0.25, 0.3) is 5.91 Å². The molecule has 0 saturated heterocycles. The van der Waals surface area contributed by atoms with Gasteiger partial charge in [0.05, 0.1) is 32.5 Å². The van der Waals surface area contributed by atoms with Crippen molar-refractivity contribution < 1.29 is 28.8 Å². The van der Waals surface area contributed by atoms with E-state index < -0.39 is 12.3 Å². The third-order valence-corrected chi connectivity index (χ3v) is 5.60. The Labute approximate surface area is 185 Å². The van der Waals surface area contributed by atoms with Crippen LogP contribution in [-0.2, 0) is 9.47 Å². The van der Waals surface area contributed by atoms with Crippen molar-refractivity contribution in [3.8, 4) is 28.5 Å². The minimum Gasteiger partial charge on any atom is -0.504 e. The number of benzene rings is 2. The van der Waals surface area contributed by atoms with Crippen LogP contribution in [-0.4, -0.2) is 67.4 Å². The molecule has 0 radical (unpaired) electrons. The molecule has 1 unspecified atom stereocenters. The smallest absolute Gasteiger partial charge is 0.273 e. The zero-order valence-corrected chi connectivity index (χ0v) is 18.3. The van der Waals surface area contributed by atoms with Crippen molar-refractivity contribution in [2.45, 2.75) is 12.3 Å². The molecule has 1 aliphatic heterocycles. The molecule has 1 aromatic heterocycles. The number of phenolic OH excluding ortho intramolecular Hbond substituents is 1. The highest BCUT2D eigenvalue weighted by Crippen LogP contribution is 2.44. The summed E-state index contributed by atoms with van der Waals surface area (Å²) >= 11 is 0. The number of methoxy groups -OCH3 is 4. The molecule has 2 heterocycles. The van der Waals surface area contributed by atoms with Crippen LogP contribution < -0.4 is 9.47 Å². The number of rotatable bonds is 8. The number of nitrogens with zero attached hydrogens (tertiary/aromatic N) is 2. The van der Waals surface area contributed by atoms with E-state index >= 15 is 0 Å². The number of amides is 1. The number of phenols is 1. The van der Waals surface area contributed by atoms with Crippen molar-refractivity contribution >= 4 is 5.91 Å². The third-order valence-electron chi connectivity index (χ3n) is 5.60. The molecule has 0 saturated carbocycles. The minimum absolute atomic E-state index is 0.0132. The van der Waals surface area contributed by atoms with Crippen molar-refractivity contribution in [3.05, 3.63) is 59.3 Å². The van der Waals surface area contributed by atoms with E-state index in [1.807, 2.05) is 24.3 Å². The van der Waals surface area contributed by atoms with Crippen LogP contribution >= 0.6 is 0 Å². The van der Waals surface area contributed by atoms with Crippen molar-refractivity contribution in [1.29, 1.82) is 0 Å². The first kappa shape index (κ1) is 21.7. The molecule has 2 aromatic carbocycles. The SMILES string of the molecule is COc1cccc(-c2n[nH]c3c2C(c2ccc(O)c(OC)c2)N(CC(OC)OC)C3=O)c1. The second kappa shape index (κ2) is 8.89. The lowest BCUT2D eigenvalue weighted by atomic mass is 9.95. The summed E-state index contributed by atoms with van der Waals surface area (Å²) in [4.78, 5) is 15.0. The first-order valence-electron chi connectivity index (χ1n) is 9.98. The number of nitrogens with one attached hydrogen (secondary N) is 1. The van der Waals surface area contributed by atoms with Gasteiger partial charge in [0.15, 0.2) is 17.8 Å². The zero-order valence-electron chi connectivity index (χ0n) is 18.3. The van der Waals surface area contributed by atoms with Crippen molar-refractivity contribution in [2.24, 2.45) is 0 Å². The van der Waals surface area contributed by atoms with Gasteiger partial charge in [-0.2, -0.15) is 5.10 Å². The molecule has 1 aliphatic rings. The van der Waals surface area contributed by atoms with Crippen LogP contribution in [0.2, 0.25) is 0 Å². The van der Waals surface area contributed by atoms with Crippen LogP contribution in [0.5, 0.6) is 17.2 Å². The van der Waals surface area contributed by atoms with E-state index in [1.54, 1.807) is 30.2 Å². The van der Waals surface area contributed by atoms with Gasteiger partial charge in [0.1, 0.15) is 11.4 Å². The molecule has 3 aromatic rings. The van der Waals surface area contributed by atoms with E-state index in [9.17, 15) is 9.90 Å². The fraction of sp³-hybridized carbons (Fsp3) is 0.304. The Balaban J connectivity index is 1.88. The van der Waals surface area contributed by atoms with Gasteiger partial charge in [-0.25, -0.2) is 0 Å². The summed E-state index contributed by atoms with van der Waals surface area (Å²) in [6, 6.07) is 12.0. The van der Waals surface area contributed by atoms with Crippen LogP contribution in [0.15, 0.2) is 42.5 Å². The summed E-state index contributed by atoms with van der Waals surface area (Å²) in [5, 5.41) is 17.4. The van der Waals surface area contributed by atoms with E-state index in [0.717, 1.165) is 16.7 Å². The number of aromatic hydroxyl groups is 1. The number of carbonyl (C=O) groups excluding carboxylic acids is 1. The predicted molar refractivity (Wildman–Crippen MR) is 116 cm³/mol. The second-order valence-electron chi connectivity index (χ2n) is 7.29. The molecule has 0 aliphatic carbocycles. The fourth-order valence-electron chi connectivity index (χ4n) is 3.99. The van der Waals surface area contributed by atoms with Gasteiger partial charge < -0.3 is 29.0 Å². The van der Waals surface area contributed by atoms with Gasteiger partial charge in [-0.15, -0.1) is 0 Å². The zero-order chi connectivity index (χ0) is 22.8. The van der Waals surface area contributed by atoms with Crippen LogP contribution in [0.1, 0.15) is 27.7 Å². The lowest BCUT2D eigenvalue weighted by Crippen LogP contribution is -2.38. The standard InChI is InChI=1S/C23H25N3O6/c1-29-15-7-5-6-13(10-15)20-19-21(25-24-20)23(28)26(12-18(31-3)32-4)22(19)14-8-9-16(27)17(11-14)30-2/h5-11,18,22,27H,12H2,1-4H3,(H,24,25). The van der Waals surface area contributed by atoms with Crippen LogP contribution in [0.4, 0.5) is 0 Å². The van der Waals surface area contributed by atoms with Gasteiger partial charge in [-0.3, -0.25) is 9.89 Å². The van der Waals surface area contributed by atoms with Crippen LogP contribution in [0, 0.1) is 0 Å². The van der Waals surface area contributed by atoms with Crippen LogP contribution in [0.25, 0.3) is 11.3 Å². The van der Waals surface area contributed by atoms with E-state index in [1.165, 1.54) is 21.3 Å². The topological polar surface area (TPSA) is 106 Å². The van der Waals surface area contributed by atoms with E-state index in [2.05, 4.69) is 10.2 Å². The maximum absolute atomic E-state index is 13.4. The summed E-state index contributed by atoms with van der Waals surface area (Å²) in [6.45, 7) is 0.194. The molecule has 0 fully saturated rings. The number of H-pyrrole nitrogens is 1. The number of aromatic amines is 1. The average molecular weight is 439 g/mol. The quantitative estimate of drug-likeness (QED) is 0.520. The summed E-state index contributed by atoms with van der Waals surface area (Å²) < 4.78 is 21.4. The third kappa shape index (κ3) is 3.65. The normalized spacial score (nSPS) is 15.3. The lowest BCUT2D eigenvalue weighted by Gasteiger charge is -2.29. The Hall–Kier alpha value is -3.56. The highest BCUT2D eigenvalue weighted by atomic mass is 16.7. The van der Waals surface area contributed by atoms with Gasteiger partial charge in [0, 0.05) is 25.3 Å². The first-order chi connectivity index (χ1) is 15.5. The lowest BCUT2D eigenvalue weighted by molar-refractivity contribution is -0.113. The molecule has 4 rings (SSSR count). The van der Waals surface area contributed by atoms with E-state index in [4.69, 9.17) is 18.9 Å². The highest BCUT2D eigenvalue weighted by Gasteiger charge is 2.43. The van der Waals surface area contributed by atoms with Crippen molar-refractivity contribution in [2.75, 3.05) is 35.0 Å². The Kier molecular flexibility index (Phi) is 6.02. The largest absolute Gasteiger partial charge is 0.504 e. The molecule has 1 amide bonds. The molecule has 1 atom stereocenters. The van der Waals surface area contributed by atoms with Crippen molar-refractivity contribution in [1.82, 2.24) is 15.1 Å². The van der Waals surface area contributed by atoms with Crippen LogP contribution in [0.3, 0.4) is 0 Å². The number of ether oxygens (including phenoxy) is 4. The molecule has 32 heavy (non-hydrogen) atoms. The van der Waals surface area contributed by atoms with Gasteiger partial charge >= 0.3 is 0 Å². The molecule has 2 N–H and O–H groups in total. The molecule has 168 valence electrons. The van der Waals surface area contributed by atoms with E-state index in [0.29, 0.717) is 22.9 Å². The average Bonchev–Trinajstić information content (AvgIpc) is 3.37. The Morgan fingerprint density at radius 3 is 2.56 bits per heavy atom. The molecule has 9 nitrogen and oxygen atoms in total. The number of carbonyl (C=O) groups is 1. The van der Waals surface area contributed by atoms with Crippen molar-refractivity contribution in [3.63, 3.8) is 0 Å². The Bertz CT molecular complexity index is 1120. The summed E-state index contributed by atoms with van der Waals surface area (Å²) in [5.41, 5.74) is 3.32. The Morgan fingerprint density at radius 1 is 1.09 bits per heavy atom.